The minimum atomic E-state index is -1.07. The van der Waals surface area contributed by atoms with Gasteiger partial charge in [0.1, 0.15) is 23.9 Å². The lowest BCUT2D eigenvalue weighted by Gasteiger charge is -2.43. The molecule has 1 aliphatic heterocycles. The summed E-state index contributed by atoms with van der Waals surface area (Å²) >= 11 is 0. The van der Waals surface area contributed by atoms with Crippen molar-refractivity contribution in [1.29, 1.82) is 0 Å². The van der Waals surface area contributed by atoms with E-state index in [0.29, 0.717) is 12.2 Å². The van der Waals surface area contributed by atoms with E-state index in [0.717, 1.165) is 11.3 Å². The zero-order valence-corrected chi connectivity index (χ0v) is 13.2. The maximum atomic E-state index is 12.9. The van der Waals surface area contributed by atoms with Crippen LogP contribution in [0.5, 0.6) is 11.5 Å². The largest absolute Gasteiger partial charge is 0.497 e. The average Bonchev–Trinajstić information content (AvgIpc) is 2.59. The lowest BCUT2D eigenvalue weighted by atomic mass is 9.93. The fourth-order valence-electron chi connectivity index (χ4n) is 2.69. The molecule has 1 fully saturated rings. The van der Waals surface area contributed by atoms with Crippen molar-refractivity contribution in [2.45, 2.75) is 18.7 Å². The van der Waals surface area contributed by atoms with Crippen LogP contribution in [0.1, 0.15) is 18.0 Å². The average molecular weight is 331 g/mol. The highest BCUT2D eigenvalue weighted by atomic mass is 19.1. The number of hydrogen-bond donors (Lipinski definition) is 1. The molecule has 1 aliphatic rings. The zero-order valence-electron chi connectivity index (χ0n) is 13.2. The van der Waals surface area contributed by atoms with Gasteiger partial charge < -0.3 is 19.5 Å². The summed E-state index contributed by atoms with van der Waals surface area (Å²) in [5.41, 5.74) is 0.927. The van der Waals surface area contributed by atoms with Gasteiger partial charge >= 0.3 is 0 Å². The number of ether oxygens (including phenoxy) is 2. The van der Waals surface area contributed by atoms with E-state index in [9.17, 15) is 14.3 Å². The van der Waals surface area contributed by atoms with E-state index in [1.165, 1.54) is 29.2 Å². The zero-order chi connectivity index (χ0) is 17.1. The second-order valence-corrected chi connectivity index (χ2v) is 5.54. The quantitative estimate of drug-likeness (QED) is 0.826. The number of nitrogens with zero attached hydrogens (tertiary/aromatic N) is 1. The van der Waals surface area contributed by atoms with E-state index < -0.39 is 6.23 Å². The first-order valence-electron chi connectivity index (χ1n) is 7.60. The number of carbonyl (C=O) groups is 1. The van der Waals surface area contributed by atoms with Crippen LogP contribution in [0.25, 0.3) is 0 Å². The Labute approximate surface area is 139 Å². The van der Waals surface area contributed by atoms with Crippen molar-refractivity contribution in [3.8, 4) is 11.5 Å². The van der Waals surface area contributed by atoms with Crippen LogP contribution in [0.15, 0.2) is 48.5 Å². The van der Waals surface area contributed by atoms with Crippen molar-refractivity contribution in [3.63, 3.8) is 0 Å². The fourth-order valence-corrected chi connectivity index (χ4v) is 2.69. The van der Waals surface area contributed by atoms with Crippen LogP contribution in [0.4, 0.5) is 4.39 Å². The summed E-state index contributed by atoms with van der Waals surface area (Å²) in [6, 6.07) is 12.7. The molecule has 126 valence electrons. The Hall–Kier alpha value is -2.60. The predicted octanol–water partition coefficient (Wildman–Crippen LogP) is 2.51. The lowest BCUT2D eigenvalue weighted by molar-refractivity contribution is -0.166. The number of aliphatic hydroxyl groups excluding tert-OH is 1. The highest BCUT2D eigenvalue weighted by molar-refractivity contribution is 5.83. The third kappa shape index (κ3) is 3.33. The SMILES string of the molecule is COc1ccc(C2CC(=O)N2C(O)COc2ccc(F)cc2)cc1. The van der Waals surface area contributed by atoms with Crippen LogP contribution >= 0.6 is 0 Å². The molecule has 0 aromatic heterocycles. The van der Waals surface area contributed by atoms with Crippen molar-refractivity contribution < 1.29 is 23.8 Å². The summed E-state index contributed by atoms with van der Waals surface area (Å²) in [6.07, 6.45) is -0.719. The molecule has 5 nitrogen and oxygen atoms in total. The fraction of sp³-hybridized carbons (Fsp3) is 0.278. The summed E-state index contributed by atoms with van der Waals surface area (Å²) in [5.74, 6) is 0.673. The topological polar surface area (TPSA) is 59.0 Å². The van der Waals surface area contributed by atoms with Crippen LogP contribution in [-0.2, 0) is 4.79 Å². The Morgan fingerprint density at radius 3 is 2.38 bits per heavy atom. The van der Waals surface area contributed by atoms with Gasteiger partial charge in [-0.1, -0.05) is 12.1 Å². The molecule has 0 aliphatic carbocycles. The molecule has 0 radical (unpaired) electrons. The molecule has 0 saturated carbocycles. The van der Waals surface area contributed by atoms with Crippen LogP contribution in [0, 0.1) is 5.82 Å². The Morgan fingerprint density at radius 1 is 1.17 bits per heavy atom. The Kier molecular flexibility index (Phi) is 4.66. The van der Waals surface area contributed by atoms with Crippen LogP contribution in [0.3, 0.4) is 0 Å². The minimum Gasteiger partial charge on any atom is -0.497 e. The molecule has 2 unspecified atom stereocenters. The van der Waals surface area contributed by atoms with E-state index >= 15 is 0 Å². The van der Waals surface area contributed by atoms with Gasteiger partial charge in [-0.15, -0.1) is 0 Å². The Balaban J connectivity index is 1.62. The van der Waals surface area contributed by atoms with Crippen LogP contribution < -0.4 is 9.47 Å². The molecule has 1 amide bonds. The normalized spacial score (nSPS) is 18.0. The Morgan fingerprint density at radius 2 is 1.79 bits per heavy atom. The lowest BCUT2D eigenvalue weighted by Crippen LogP contribution is -2.54. The third-order valence-electron chi connectivity index (χ3n) is 4.03. The molecule has 24 heavy (non-hydrogen) atoms. The number of likely N-dealkylation sites (tertiary alicyclic amines) is 1. The third-order valence-corrected chi connectivity index (χ3v) is 4.03. The maximum Gasteiger partial charge on any atom is 0.227 e. The van der Waals surface area contributed by atoms with Crippen LogP contribution in [0.2, 0.25) is 0 Å². The van der Waals surface area contributed by atoms with Gasteiger partial charge in [0.05, 0.1) is 19.6 Å². The summed E-state index contributed by atoms with van der Waals surface area (Å²) in [4.78, 5) is 13.3. The van der Waals surface area contributed by atoms with Crippen LogP contribution in [-0.4, -0.2) is 35.9 Å². The maximum absolute atomic E-state index is 12.9. The van der Waals surface area contributed by atoms with Gasteiger partial charge in [0.25, 0.3) is 0 Å². The number of amides is 1. The Bertz CT molecular complexity index is 702. The van der Waals surface area contributed by atoms with E-state index in [1.807, 2.05) is 24.3 Å². The standard InChI is InChI=1S/C18H18FNO4/c1-23-14-6-2-12(3-7-14)16-10-17(21)20(16)18(22)11-24-15-8-4-13(19)5-9-15/h2-9,16,18,22H,10-11H2,1H3. The number of halogens is 1. The van der Waals surface area contributed by atoms with Crippen molar-refractivity contribution in [2.24, 2.45) is 0 Å². The van der Waals surface area contributed by atoms with Gasteiger partial charge in [0.2, 0.25) is 5.91 Å². The van der Waals surface area contributed by atoms with Crippen molar-refractivity contribution in [2.75, 3.05) is 13.7 Å². The molecule has 0 spiro atoms. The molecule has 2 atom stereocenters. The number of hydrogen-bond acceptors (Lipinski definition) is 4. The molecular weight excluding hydrogens is 313 g/mol. The number of benzene rings is 2. The number of aliphatic hydroxyl groups is 1. The summed E-state index contributed by atoms with van der Waals surface area (Å²) in [5, 5.41) is 10.3. The number of carbonyl (C=O) groups excluding carboxylic acids is 1. The first-order chi connectivity index (χ1) is 11.6. The molecule has 3 rings (SSSR count). The summed E-state index contributed by atoms with van der Waals surface area (Å²) in [7, 11) is 1.59. The first-order valence-corrected chi connectivity index (χ1v) is 7.60. The smallest absolute Gasteiger partial charge is 0.227 e. The first kappa shape index (κ1) is 16.3. The number of rotatable bonds is 6. The monoisotopic (exact) mass is 331 g/mol. The highest BCUT2D eigenvalue weighted by Gasteiger charge is 2.41. The van der Waals surface area contributed by atoms with Gasteiger partial charge in [-0.2, -0.15) is 0 Å². The molecule has 2 aromatic rings. The van der Waals surface area contributed by atoms with Gasteiger partial charge in [-0.25, -0.2) is 4.39 Å². The number of β-lactam (4-membered cyclic amide) rings is 1. The van der Waals surface area contributed by atoms with E-state index in [-0.39, 0.29) is 24.4 Å². The predicted molar refractivity (Wildman–Crippen MR) is 85.1 cm³/mol. The van der Waals surface area contributed by atoms with Gasteiger partial charge in [0.15, 0.2) is 6.23 Å². The van der Waals surface area contributed by atoms with E-state index in [4.69, 9.17) is 9.47 Å². The number of methoxy groups -OCH3 is 1. The molecule has 1 heterocycles. The van der Waals surface area contributed by atoms with E-state index in [2.05, 4.69) is 0 Å². The second-order valence-electron chi connectivity index (χ2n) is 5.54. The van der Waals surface area contributed by atoms with Crippen molar-refractivity contribution >= 4 is 5.91 Å². The highest BCUT2D eigenvalue weighted by Crippen LogP contribution is 2.36. The van der Waals surface area contributed by atoms with E-state index in [1.54, 1.807) is 7.11 Å². The molecule has 6 heteroatoms. The molecule has 1 saturated heterocycles. The van der Waals surface area contributed by atoms with Crippen molar-refractivity contribution in [3.05, 3.63) is 59.9 Å². The molecule has 0 bridgehead atoms. The van der Waals surface area contributed by atoms with Gasteiger partial charge in [0, 0.05) is 0 Å². The summed E-state index contributed by atoms with van der Waals surface area (Å²) in [6.45, 7) is -0.0793. The second kappa shape index (κ2) is 6.88. The molecule has 2 aromatic carbocycles. The van der Waals surface area contributed by atoms with Gasteiger partial charge in [-0.05, 0) is 42.0 Å². The molecule has 1 N–H and O–H groups in total. The molecular formula is C18H18FNO4. The van der Waals surface area contributed by atoms with Crippen molar-refractivity contribution in [1.82, 2.24) is 4.90 Å². The van der Waals surface area contributed by atoms with Gasteiger partial charge in [-0.3, -0.25) is 4.79 Å². The summed E-state index contributed by atoms with van der Waals surface area (Å²) < 4.78 is 23.4. The minimum absolute atomic E-state index is 0.0793.